The number of benzene rings is 2. The molecule has 0 amide bonds. The number of nitro benzene ring substituents is 1. The van der Waals surface area contributed by atoms with E-state index in [4.69, 9.17) is 9.84 Å². The first kappa shape index (κ1) is 18.2. The summed E-state index contributed by atoms with van der Waals surface area (Å²) < 4.78 is 7.40. The van der Waals surface area contributed by atoms with Gasteiger partial charge in [-0.15, -0.1) is 10.2 Å². The lowest BCUT2D eigenvalue weighted by atomic mass is 10.0. The Morgan fingerprint density at radius 1 is 1.14 bits per heavy atom. The van der Waals surface area contributed by atoms with Gasteiger partial charge in [-0.1, -0.05) is 23.9 Å². The number of nitrogens with zero attached hydrogens (tertiary/aromatic N) is 5. The molecule has 2 heterocycles. The van der Waals surface area contributed by atoms with Gasteiger partial charge in [0.1, 0.15) is 12.4 Å². The minimum Gasteiger partial charge on any atom is -0.486 e. The number of hydrogen-bond acceptors (Lipinski definition) is 7. The van der Waals surface area contributed by atoms with Gasteiger partial charge < -0.3 is 4.74 Å². The predicted molar refractivity (Wildman–Crippen MR) is 106 cm³/mol. The van der Waals surface area contributed by atoms with Crippen LogP contribution in [0.1, 0.15) is 22.5 Å². The van der Waals surface area contributed by atoms with E-state index < -0.39 is 4.92 Å². The SMILES string of the molecule is Cc1ccc(C2=Nn3c(COc4ccc([N+](=O)[O-])cc4)nnc3SC2)cc1C. The van der Waals surface area contributed by atoms with Crippen LogP contribution in [0.5, 0.6) is 5.75 Å². The Labute approximate surface area is 165 Å². The number of non-ortho nitro benzene ring substituents is 1. The molecule has 0 N–H and O–H groups in total. The third kappa shape index (κ3) is 3.61. The average molecular weight is 395 g/mol. The molecule has 2 aromatic carbocycles. The summed E-state index contributed by atoms with van der Waals surface area (Å²) in [6, 6.07) is 12.2. The highest BCUT2D eigenvalue weighted by atomic mass is 32.2. The molecule has 0 spiro atoms. The van der Waals surface area contributed by atoms with E-state index >= 15 is 0 Å². The first-order valence-corrected chi connectivity index (χ1v) is 9.59. The van der Waals surface area contributed by atoms with Gasteiger partial charge in [0.25, 0.3) is 5.69 Å². The summed E-state index contributed by atoms with van der Waals surface area (Å²) in [5, 5.41) is 24.5. The second kappa shape index (κ2) is 7.43. The van der Waals surface area contributed by atoms with Gasteiger partial charge in [0.05, 0.1) is 10.6 Å². The monoisotopic (exact) mass is 395 g/mol. The van der Waals surface area contributed by atoms with Crippen molar-refractivity contribution < 1.29 is 9.66 Å². The van der Waals surface area contributed by atoms with E-state index in [1.165, 1.54) is 23.3 Å². The van der Waals surface area contributed by atoms with E-state index in [0.29, 0.717) is 11.6 Å². The smallest absolute Gasteiger partial charge is 0.269 e. The van der Waals surface area contributed by atoms with Crippen LogP contribution in [0.3, 0.4) is 0 Å². The van der Waals surface area contributed by atoms with Gasteiger partial charge in [-0.05, 0) is 48.7 Å². The summed E-state index contributed by atoms with van der Waals surface area (Å²) in [4.78, 5) is 10.3. The van der Waals surface area contributed by atoms with Crippen molar-refractivity contribution in [1.29, 1.82) is 0 Å². The second-order valence-electron chi connectivity index (χ2n) is 6.38. The van der Waals surface area contributed by atoms with Crippen LogP contribution in [0, 0.1) is 24.0 Å². The Morgan fingerprint density at radius 2 is 1.93 bits per heavy atom. The summed E-state index contributed by atoms with van der Waals surface area (Å²) in [7, 11) is 0. The molecule has 0 atom stereocenters. The molecular formula is C19H17N5O3S. The number of aromatic nitrogens is 3. The quantitative estimate of drug-likeness (QED) is 0.482. The van der Waals surface area contributed by atoms with Gasteiger partial charge in [-0.25, -0.2) is 0 Å². The Balaban J connectivity index is 1.54. The molecule has 0 aliphatic carbocycles. The van der Waals surface area contributed by atoms with Gasteiger partial charge in [0, 0.05) is 17.9 Å². The van der Waals surface area contributed by atoms with Crippen LogP contribution >= 0.6 is 11.8 Å². The molecule has 0 fully saturated rings. The van der Waals surface area contributed by atoms with Gasteiger partial charge in [0.15, 0.2) is 5.82 Å². The fourth-order valence-corrected chi connectivity index (χ4v) is 3.59. The first-order chi connectivity index (χ1) is 13.5. The molecule has 0 radical (unpaired) electrons. The van der Waals surface area contributed by atoms with E-state index in [2.05, 4.69) is 42.2 Å². The number of aryl methyl sites for hydroxylation is 2. The van der Waals surface area contributed by atoms with Crippen LogP contribution in [0.2, 0.25) is 0 Å². The molecular weight excluding hydrogens is 378 g/mol. The molecule has 9 heteroatoms. The predicted octanol–water partition coefficient (Wildman–Crippen LogP) is 3.74. The Bertz CT molecular complexity index is 1080. The number of ether oxygens (including phenoxy) is 1. The van der Waals surface area contributed by atoms with Crippen LogP contribution in [-0.2, 0) is 6.61 Å². The number of fused-ring (bicyclic) bond motifs is 1. The zero-order chi connectivity index (χ0) is 19.7. The van der Waals surface area contributed by atoms with E-state index in [1.54, 1.807) is 28.6 Å². The summed E-state index contributed by atoms with van der Waals surface area (Å²) >= 11 is 1.58. The molecule has 0 saturated carbocycles. The number of thioether (sulfide) groups is 1. The Morgan fingerprint density at radius 3 is 2.64 bits per heavy atom. The zero-order valence-corrected chi connectivity index (χ0v) is 16.1. The molecule has 142 valence electrons. The second-order valence-corrected chi connectivity index (χ2v) is 7.33. The van der Waals surface area contributed by atoms with Crippen molar-refractivity contribution in [2.45, 2.75) is 25.6 Å². The van der Waals surface area contributed by atoms with E-state index in [-0.39, 0.29) is 12.3 Å². The molecule has 0 unspecified atom stereocenters. The van der Waals surface area contributed by atoms with Crippen LogP contribution in [0.25, 0.3) is 0 Å². The van der Waals surface area contributed by atoms with Crippen molar-refractivity contribution in [3.05, 3.63) is 75.1 Å². The normalized spacial score (nSPS) is 13.0. The number of hydrogen-bond donors (Lipinski definition) is 0. The highest BCUT2D eigenvalue weighted by molar-refractivity contribution is 7.99. The first-order valence-electron chi connectivity index (χ1n) is 8.61. The average Bonchev–Trinajstić information content (AvgIpc) is 3.11. The van der Waals surface area contributed by atoms with Crippen LogP contribution in [-0.4, -0.2) is 31.3 Å². The fourth-order valence-electron chi connectivity index (χ4n) is 2.73. The third-order valence-electron chi connectivity index (χ3n) is 4.49. The van der Waals surface area contributed by atoms with Gasteiger partial charge >= 0.3 is 0 Å². The van der Waals surface area contributed by atoms with Crippen molar-refractivity contribution in [2.75, 3.05) is 5.75 Å². The Kier molecular flexibility index (Phi) is 4.82. The molecule has 8 nitrogen and oxygen atoms in total. The van der Waals surface area contributed by atoms with Crippen LogP contribution in [0.15, 0.2) is 52.7 Å². The standard InChI is InChI=1S/C19H17N5O3S/c1-12-3-4-14(9-13(12)2)17-11-28-19-21-20-18(23(19)22-17)10-27-16-7-5-15(6-8-16)24(25)26/h3-9H,10-11H2,1-2H3. The summed E-state index contributed by atoms with van der Waals surface area (Å²) in [5.41, 5.74) is 4.52. The van der Waals surface area contributed by atoms with Crippen molar-refractivity contribution in [3.63, 3.8) is 0 Å². The minimum atomic E-state index is -0.445. The van der Waals surface area contributed by atoms with Gasteiger partial charge in [-0.3, -0.25) is 10.1 Å². The molecule has 1 aromatic heterocycles. The maximum absolute atomic E-state index is 10.7. The lowest BCUT2D eigenvalue weighted by Gasteiger charge is -2.15. The zero-order valence-electron chi connectivity index (χ0n) is 15.3. The van der Waals surface area contributed by atoms with Crippen molar-refractivity contribution in [1.82, 2.24) is 14.9 Å². The Hall–Kier alpha value is -3.20. The van der Waals surface area contributed by atoms with Crippen molar-refractivity contribution in [2.24, 2.45) is 5.10 Å². The van der Waals surface area contributed by atoms with E-state index in [0.717, 1.165) is 22.2 Å². The molecule has 28 heavy (non-hydrogen) atoms. The van der Waals surface area contributed by atoms with Gasteiger partial charge in [-0.2, -0.15) is 9.78 Å². The minimum absolute atomic E-state index is 0.0197. The maximum Gasteiger partial charge on any atom is 0.269 e. The fraction of sp³-hybridized carbons (Fsp3) is 0.211. The summed E-state index contributed by atoms with van der Waals surface area (Å²) in [6.07, 6.45) is 0. The molecule has 1 aliphatic heterocycles. The number of nitro groups is 1. The molecule has 4 rings (SSSR count). The topological polar surface area (TPSA) is 95.4 Å². The molecule has 0 bridgehead atoms. The largest absolute Gasteiger partial charge is 0.486 e. The highest BCUT2D eigenvalue weighted by Crippen LogP contribution is 2.25. The van der Waals surface area contributed by atoms with Crippen molar-refractivity contribution >= 4 is 23.2 Å². The van der Waals surface area contributed by atoms with E-state index in [9.17, 15) is 10.1 Å². The summed E-state index contributed by atoms with van der Waals surface area (Å²) in [5.74, 6) is 1.82. The van der Waals surface area contributed by atoms with Crippen LogP contribution < -0.4 is 4.74 Å². The van der Waals surface area contributed by atoms with Crippen molar-refractivity contribution in [3.8, 4) is 5.75 Å². The lowest BCUT2D eigenvalue weighted by Crippen LogP contribution is -2.15. The molecule has 3 aromatic rings. The van der Waals surface area contributed by atoms with E-state index in [1.807, 2.05) is 0 Å². The molecule has 1 aliphatic rings. The summed E-state index contributed by atoms with van der Waals surface area (Å²) in [6.45, 7) is 4.33. The highest BCUT2D eigenvalue weighted by Gasteiger charge is 2.20. The molecule has 0 saturated heterocycles. The maximum atomic E-state index is 10.7. The third-order valence-corrected chi connectivity index (χ3v) is 5.42. The van der Waals surface area contributed by atoms with Crippen LogP contribution in [0.4, 0.5) is 5.69 Å². The van der Waals surface area contributed by atoms with Gasteiger partial charge in [0.2, 0.25) is 5.16 Å². The lowest BCUT2D eigenvalue weighted by molar-refractivity contribution is -0.384. The number of rotatable bonds is 5.